The lowest BCUT2D eigenvalue weighted by Crippen LogP contribution is -2.26. The number of para-hydroxylation sites is 2. The molecule has 0 fully saturated rings. The second kappa shape index (κ2) is 6.74. The predicted molar refractivity (Wildman–Crippen MR) is 95.3 cm³/mol. The number of benzene rings is 3. The Hall–Kier alpha value is -3.19. The van der Waals surface area contributed by atoms with E-state index in [0.29, 0.717) is 11.4 Å². The molecular weight excluding hydrogens is 340 g/mol. The van der Waals surface area contributed by atoms with Gasteiger partial charge in [0.2, 0.25) is 0 Å². The van der Waals surface area contributed by atoms with Crippen LogP contribution in [0.4, 0.5) is 17.1 Å². The monoisotopic (exact) mass is 354 g/mol. The van der Waals surface area contributed by atoms with E-state index in [2.05, 4.69) is 0 Å². The van der Waals surface area contributed by atoms with Crippen molar-refractivity contribution >= 4 is 27.1 Å². The number of nitrogens with zero attached hydrogens (tertiary/aromatic N) is 2. The van der Waals surface area contributed by atoms with Crippen molar-refractivity contribution in [3.8, 4) is 0 Å². The molecule has 0 aliphatic carbocycles. The average molecular weight is 354 g/mol. The van der Waals surface area contributed by atoms with E-state index in [4.69, 9.17) is 0 Å². The van der Waals surface area contributed by atoms with Gasteiger partial charge in [0.1, 0.15) is 0 Å². The van der Waals surface area contributed by atoms with E-state index in [1.807, 2.05) is 0 Å². The molecule has 6 nitrogen and oxygen atoms in total. The van der Waals surface area contributed by atoms with E-state index in [-0.39, 0.29) is 10.6 Å². The number of hydrogen-bond acceptors (Lipinski definition) is 4. The number of rotatable bonds is 5. The van der Waals surface area contributed by atoms with Gasteiger partial charge in [0, 0.05) is 12.1 Å². The Bertz CT molecular complexity index is 933. The number of nitro benzene ring substituents is 1. The quantitative estimate of drug-likeness (QED) is 0.510. The molecule has 3 aromatic carbocycles. The lowest BCUT2D eigenvalue weighted by atomic mass is 10.3. The van der Waals surface area contributed by atoms with E-state index in [9.17, 15) is 18.5 Å². The highest BCUT2D eigenvalue weighted by Crippen LogP contribution is 2.32. The van der Waals surface area contributed by atoms with Crippen molar-refractivity contribution < 1.29 is 13.3 Å². The second-order valence-corrected chi connectivity index (χ2v) is 6.98. The molecule has 0 N–H and O–H groups in total. The Morgan fingerprint density at radius 3 is 1.56 bits per heavy atom. The smallest absolute Gasteiger partial charge is 0.258 e. The molecule has 0 bridgehead atoms. The maximum absolute atomic E-state index is 13.2. The molecule has 3 rings (SSSR count). The topological polar surface area (TPSA) is 80.5 Å². The van der Waals surface area contributed by atoms with Gasteiger partial charge in [-0.1, -0.05) is 36.4 Å². The number of sulfonamides is 1. The average Bonchev–Trinajstić information content (AvgIpc) is 2.63. The number of non-ortho nitro benzene ring substituents is 1. The maximum atomic E-state index is 13.2. The van der Waals surface area contributed by atoms with Gasteiger partial charge in [-0.3, -0.25) is 10.1 Å². The lowest BCUT2D eigenvalue weighted by molar-refractivity contribution is -0.384. The van der Waals surface area contributed by atoms with E-state index in [1.54, 1.807) is 60.7 Å². The van der Waals surface area contributed by atoms with Crippen molar-refractivity contribution in [1.29, 1.82) is 0 Å². The molecule has 0 spiro atoms. The minimum atomic E-state index is -3.94. The van der Waals surface area contributed by atoms with Crippen LogP contribution in [0.25, 0.3) is 0 Å². The molecular formula is C18H14N2O4S. The summed E-state index contributed by atoms with van der Waals surface area (Å²) in [5, 5.41) is 10.8. The number of anilines is 2. The van der Waals surface area contributed by atoms with Crippen LogP contribution in [0.5, 0.6) is 0 Å². The summed E-state index contributed by atoms with van der Waals surface area (Å²) in [4.78, 5) is 10.2. The van der Waals surface area contributed by atoms with Gasteiger partial charge in [0.15, 0.2) is 0 Å². The van der Waals surface area contributed by atoms with Gasteiger partial charge in [-0.05, 0) is 36.4 Å². The number of nitro groups is 1. The third-order valence-corrected chi connectivity index (χ3v) is 5.34. The Labute approximate surface area is 145 Å². The molecule has 3 aromatic rings. The highest BCUT2D eigenvalue weighted by Gasteiger charge is 2.27. The normalized spacial score (nSPS) is 11.0. The van der Waals surface area contributed by atoms with Crippen molar-refractivity contribution in [3.05, 3.63) is 95.0 Å². The summed E-state index contributed by atoms with van der Waals surface area (Å²) in [5.74, 6) is 0. The Morgan fingerprint density at radius 2 is 1.16 bits per heavy atom. The summed E-state index contributed by atoms with van der Waals surface area (Å²) in [6.45, 7) is 0. The van der Waals surface area contributed by atoms with Crippen LogP contribution >= 0.6 is 0 Å². The molecule has 0 atom stereocenters. The molecule has 0 unspecified atom stereocenters. The van der Waals surface area contributed by atoms with Gasteiger partial charge in [0.05, 0.1) is 21.2 Å². The summed E-state index contributed by atoms with van der Waals surface area (Å²) in [6, 6.07) is 22.2. The van der Waals surface area contributed by atoms with Gasteiger partial charge < -0.3 is 0 Å². The zero-order chi connectivity index (χ0) is 17.9. The highest BCUT2D eigenvalue weighted by atomic mass is 32.2. The largest absolute Gasteiger partial charge is 0.269 e. The third kappa shape index (κ3) is 3.36. The fourth-order valence-electron chi connectivity index (χ4n) is 2.40. The molecule has 126 valence electrons. The van der Waals surface area contributed by atoms with Gasteiger partial charge in [0.25, 0.3) is 15.7 Å². The Morgan fingerprint density at radius 1 is 0.720 bits per heavy atom. The molecule has 0 aliphatic heterocycles. The van der Waals surface area contributed by atoms with Crippen molar-refractivity contribution in [1.82, 2.24) is 0 Å². The lowest BCUT2D eigenvalue weighted by Gasteiger charge is -2.24. The molecule has 0 aromatic heterocycles. The van der Waals surface area contributed by atoms with Crippen LogP contribution in [0.15, 0.2) is 89.8 Å². The summed E-state index contributed by atoms with van der Waals surface area (Å²) in [6.07, 6.45) is 0. The third-order valence-electron chi connectivity index (χ3n) is 3.57. The van der Waals surface area contributed by atoms with Crippen LogP contribution in [-0.4, -0.2) is 13.3 Å². The first kappa shape index (κ1) is 16.7. The van der Waals surface area contributed by atoms with E-state index in [0.717, 1.165) is 0 Å². The van der Waals surface area contributed by atoms with Crippen LogP contribution in [0.3, 0.4) is 0 Å². The molecule has 0 amide bonds. The van der Waals surface area contributed by atoms with Crippen LogP contribution in [0.1, 0.15) is 0 Å². The van der Waals surface area contributed by atoms with Crippen molar-refractivity contribution in [2.24, 2.45) is 0 Å². The van der Waals surface area contributed by atoms with Crippen molar-refractivity contribution in [2.75, 3.05) is 4.31 Å². The van der Waals surface area contributed by atoms with Gasteiger partial charge in [-0.2, -0.15) is 0 Å². The summed E-state index contributed by atoms with van der Waals surface area (Å²) < 4.78 is 27.6. The minimum absolute atomic E-state index is 0.0224. The standard InChI is InChI=1S/C18H14N2O4S/c21-20(22)17-11-13-18(14-12-17)25(23,24)19(15-7-3-1-4-8-15)16-9-5-2-6-10-16/h1-14H. The fraction of sp³-hybridized carbons (Fsp3) is 0. The zero-order valence-electron chi connectivity index (χ0n) is 13.0. The van der Waals surface area contributed by atoms with Crippen LogP contribution in [0, 0.1) is 10.1 Å². The molecule has 25 heavy (non-hydrogen) atoms. The van der Waals surface area contributed by atoms with Crippen LogP contribution < -0.4 is 4.31 Å². The first-order valence-corrected chi connectivity index (χ1v) is 8.84. The highest BCUT2D eigenvalue weighted by molar-refractivity contribution is 7.93. The van der Waals surface area contributed by atoms with E-state index < -0.39 is 14.9 Å². The molecule has 0 saturated heterocycles. The van der Waals surface area contributed by atoms with E-state index >= 15 is 0 Å². The van der Waals surface area contributed by atoms with Gasteiger partial charge in [-0.15, -0.1) is 0 Å². The van der Waals surface area contributed by atoms with Crippen LogP contribution in [-0.2, 0) is 10.0 Å². The predicted octanol–water partition coefficient (Wildman–Crippen LogP) is 4.12. The molecule has 0 aliphatic rings. The summed E-state index contributed by atoms with van der Waals surface area (Å²) >= 11 is 0. The Balaban J connectivity index is 2.13. The molecule has 0 heterocycles. The van der Waals surface area contributed by atoms with Gasteiger partial charge >= 0.3 is 0 Å². The Kier molecular flexibility index (Phi) is 4.49. The number of hydrogen-bond donors (Lipinski definition) is 0. The van der Waals surface area contributed by atoms with Crippen molar-refractivity contribution in [3.63, 3.8) is 0 Å². The van der Waals surface area contributed by atoms with Crippen LogP contribution in [0.2, 0.25) is 0 Å². The minimum Gasteiger partial charge on any atom is -0.258 e. The zero-order valence-corrected chi connectivity index (χ0v) is 13.8. The molecule has 0 saturated carbocycles. The van der Waals surface area contributed by atoms with Gasteiger partial charge in [-0.25, -0.2) is 12.7 Å². The molecule has 0 radical (unpaired) electrons. The fourth-order valence-corrected chi connectivity index (χ4v) is 3.89. The van der Waals surface area contributed by atoms with Crippen molar-refractivity contribution in [2.45, 2.75) is 4.90 Å². The SMILES string of the molecule is O=[N+]([O-])c1ccc(S(=O)(=O)N(c2ccccc2)c2ccccc2)cc1. The first-order valence-electron chi connectivity index (χ1n) is 7.40. The molecule has 7 heteroatoms. The maximum Gasteiger partial charge on any atom is 0.269 e. The second-order valence-electron chi connectivity index (χ2n) is 5.19. The summed E-state index contributed by atoms with van der Waals surface area (Å²) in [5.41, 5.74) is 0.795. The first-order chi connectivity index (χ1) is 12.0. The van der Waals surface area contributed by atoms with E-state index in [1.165, 1.54) is 28.6 Å². The summed E-state index contributed by atoms with van der Waals surface area (Å²) in [7, 11) is -3.94.